The molecule has 2 N–H and O–H groups in total. The molecule has 2 aromatic heterocycles. The van der Waals surface area contributed by atoms with Crippen molar-refractivity contribution in [3.05, 3.63) is 69.6 Å². The van der Waals surface area contributed by atoms with Crippen LogP contribution in [0.1, 0.15) is 34.3 Å². The minimum Gasteiger partial charge on any atom is -0.316 e. The Morgan fingerprint density at radius 2 is 2.00 bits per heavy atom. The normalized spacial score (nSPS) is 16.3. The number of rotatable bonds is 5. The van der Waals surface area contributed by atoms with E-state index in [0.29, 0.717) is 23.8 Å². The van der Waals surface area contributed by atoms with Crippen LogP contribution in [0, 0.1) is 19.8 Å². The highest BCUT2D eigenvalue weighted by atomic mass is 16.2. The summed E-state index contributed by atoms with van der Waals surface area (Å²) in [6, 6.07) is 11.7. The maximum atomic E-state index is 13.2. The molecule has 1 aliphatic rings. The molecule has 162 valence electrons. The van der Waals surface area contributed by atoms with Crippen molar-refractivity contribution in [2.75, 3.05) is 18.4 Å². The molecule has 31 heavy (non-hydrogen) atoms. The summed E-state index contributed by atoms with van der Waals surface area (Å²) in [7, 11) is 1.79. The summed E-state index contributed by atoms with van der Waals surface area (Å²) in [4.78, 5) is 26.3. The SMILES string of the molecule is Cc1ccn(CC2CCCNC2)c(=O)c1C(=O)Nc1c(C)c(-c2ccccc2)nn1C. The largest absolute Gasteiger partial charge is 0.316 e. The van der Waals surface area contributed by atoms with Crippen molar-refractivity contribution in [1.82, 2.24) is 19.7 Å². The van der Waals surface area contributed by atoms with Gasteiger partial charge in [-0.25, -0.2) is 0 Å². The van der Waals surface area contributed by atoms with E-state index in [2.05, 4.69) is 15.7 Å². The van der Waals surface area contributed by atoms with Gasteiger partial charge in [0, 0.05) is 30.9 Å². The van der Waals surface area contributed by atoms with Gasteiger partial charge in [-0.2, -0.15) is 5.10 Å². The summed E-state index contributed by atoms with van der Waals surface area (Å²) in [6.07, 6.45) is 4.00. The molecular weight excluding hydrogens is 390 g/mol. The van der Waals surface area contributed by atoms with Crippen molar-refractivity contribution >= 4 is 11.7 Å². The van der Waals surface area contributed by atoms with Crippen LogP contribution in [-0.4, -0.2) is 33.3 Å². The number of hydrogen-bond donors (Lipinski definition) is 2. The van der Waals surface area contributed by atoms with Crippen LogP contribution in [0.2, 0.25) is 0 Å². The fourth-order valence-corrected chi connectivity index (χ4v) is 4.29. The average Bonchev–Trinajstić information content (AvgIpc) is 3.05. The summed E-state index contributed by atoms with van der Waals surface area (Å²) < 4.78 is 3.32. The topological polar surface area (TPSA) is 81.0 Å². The van der Waals surface area contributed by atoms with Gasteiger partial charge in [0.2, 0.25) is 0 Å². The van der Waals surface area contributed by atoms with Crippen molar-refractivity contribution in [2.45, 2.75) is 33.2 Å². The summed E-state index contributed by atoms with van der Waals surface area (Å²) >= 11 is 0. The molecular formula is C24H29N5O2. The molecule has 0 saturated carbocycles. The van der Waals surface area contributed by atoms with Gasteiger partial charge < -0.3 is 15.2 Å². The van der Waals surface area contributed by atoms with Crippen LogP contribution in [-0.2, 0) is 13.6 Å². The number of aromatic nitrogens is 3. The van der Waals surface area contributed by atoms with Crippen molar-refractivity contribution in [2.24, 2.45) is 13.0 Å². The zero-order chi connectivity index (χ0) is 22.0. The van der Waals surface area contributed by atoms with E-state index in [1.807, 2.05) is 43.3 Å². The second-order valence-corrected chi connectivity index (χ2v) is 8.31. The van der Waals surface area contributed by atoms with E-state index in [1.165, 1.54) is 0 Å². The maximum Gasteiger partial charge on any atom is 0.263 e. The summed E-state index contributed by atoms with van der Waals surface area (Å²) in [5.41, 5.74) is 3.27. The fourth-order valence-electron chi connectivity index (χ4n) is 4.29. The maximum absolute atomic E-state index is 13.2. The van der Waals surface area contributed by atoms with Crippen LogP contribution in [0.5, 0.6) is 0 Å². The van der Waals surface area contributed by atoms with Crippen molar-refractivity contribution in [1.29, 1.82) is 0 Å². The minimum absolute atomic E-state index is 0.188. The Morgan fingerprint density at radius 3 is 2.71 bits per heavy atom. The molecule has 1 fully saturated rings. The van der Waals surface area contributed by atoms with Gasteiger partial charge in [-0.1, -0.05) is 30.3 Å². The third kappa shape index (κ3) is 4.32. The Labute approximate surface area is 182 Å². The van der Waals surface area contributed by atoms with Crippen molar-refractivity contribution in [3.63, 3.8) is 0 Å². The van der Waals surface area contributed by atoms with Crippen LogP contribution in [0.3, 0.4) is 0 Å². The lowest BCUT2D eigenvalue weighted by Gasteiger charge is -2.23. The Bertz CT molecular complexity index is 1140. The van der Waals surface area contributed by atoms with Gasteiger partial charge in [0.15, 0.2) is 0 Å². The first-order valence-corrected chi connectivity index (χ1v) is 10.8. The number of carbonyl (C=O) groups is 1. The molecule has 7 nitrogen and oxygen atoms in total. The number of anilines is 1. The van der Waals surface area contributed by atoms with E-state index in [9.17, 15) is 9.59 Å². The molecule has 3 aromatic rings. The number of piperidine rings is 1. The Morgan fingerprint density at radius 1 is 1.23 bits per heavy atom. The van der Waals surface area contributed by atoms with E-state index >= 15 is 0 Å². The molecule has 1 unspecified atom stereocenters. The first-order valence-electron chi connectivity index (χ1n) is 10.8. The predicted octanol–water partition coefficient (Wildman–Crippen LogP) is 3.12. The molecule has 0 radical (unpaired) electrons. The van der Waals surface area contributed by atoms with Gasteiger partial charge in [0.25, 0.3) is 11.5 Å². The quantitative estimate of drug-likeness (QED) is 0.666. The molecule has 1 saturated heterocycles. The zero-order valence-corrected chi connectivity index (χ0v) is 18.3. The highest BCUT2D eigenvalue weighted by Crippen LogP contribution is 2.27. The number of nitrogens with one attached hydrogen (secondary N) is 2. The van der Waals surface area contributed by atoms with Gasteiger partial charge >= 0.3 is 0 Å². The Balaban J connectivity index is 1.61. The second kappa shape index (κ2) is 8.89. The highest BCUT2D eigenvalue weighted by Gasteiger charge is 2.22. The van der Waals surface area contributed by atoms with Crippen LogP contribution in [0.15, 0.2) is 47.4 Å². The number of benzene rings is 1. The lowest BCUT2D eigenvalue weighted by atomic mass is 9.99. The highest BCUT2D eigenvalue weighted by molar-refractivity contribution is 6.05. The molecule has 1 aliphatic heterocycles. The number of nitrogens with zero attached hydrogens (tertiary/aromatic N) is 3. The van der Waals surface area contributed by atoms with E-state index in [1.54, 1.807) is 29.4 Å². The van der Waals surface area contributed by atoms with E-state index in [-0.39, 0.29) is 11.1 Å². The lowest BCUT2D eigenvalue weighted by molar-refractivity contribution is 0.102. The van der Waals surface area contributed by atoms with Gasteiger partial charge in [-0.3, -0.25) is 14.3 Å². The average molecular weight is 420 g/mol. The van der Waals surface area contributed by atoms with Crippen molar-refractivity contribution < 1.29 is 4.79 Å². The van der Waals surface area contributed by atoms with Gasteiger partial charge in [-0.05, 0) is 57.3 Å². The zero-order valence-electron chi connectivity index (χ0n) is 18.3. The Hall–Kier alpha value is -3.19. The van der Waals surface area contributed by atoms with E-state index in [4.69, 9.17) is 0 Å². The van der Waals surface area contributed by atoms with Crippen LogP contribution < -0.4 is 16.2 Å². The number of carbonyl (C=O) groups excluding carboxylic acids is 1. The Kier molecular flexibility index (Phi) is 6.04. The van der Waals surface area contributed by atoms with Crippen LogP contribution in [0.4, 0.5) is 5.82 Å². The minimum atomic E-state index is -0.399. The number of amides is 1. The fraction of sp³-hybridized carbons (Fsp3) is 0.375. The number of pyridine rings is 1. The molecule has 1 atom stereocenters. The van der Waals surface area contributed by atoms with E-state index < -0.39 is 5.91 Å². The molecule has 3 heterocycles. The number of hydrogen-bond acceptors (Lipinski definition) is 4. The number of aryl methyl sites for hydroxylation is 2. The summed E-state index contributed by atoms with van der Waals surface area (Å²) in [5, 5.41) is 10.9. The molecule has 1 aromatic carbocycles. The molecule has 0 spiro atoms. The molecule has 7 heteroatoms. The molecule has 4 rings (SSSR count). The van der Waals surface area contributed by atoms with Gasteiger partial charge in [0.1, 0.15) is 11.4 Å². The third-order valence-electron chi connectivity index (χ3n) is 6.02. The lowest BCUT2D eigenvalue weighted by Crippen LogP contribution is -2.36. The standard InChI is InChI=1S/C24H29N5O2/c1-16-11-13-29(15-18-8-7-12-25-14-18)24(31)20(16)23(30)26-22-17(2)21(27-28(22)3)19-9-5-4-6-10-19/h4-6,9-11,13,18,25H,7-8,12,14-15H2,1-3H3,(H,26,30). The first-order chi connectivity index (χ1) is 15.0. The van der Waals surface area contributed by atoms with Gasteiger partial charge in [0.05, 0.1) is 5.69 Å². The first kappa shape index (κ1) is 21.1. The monoisotopic (exact) mass is 419 g/mol. The third-order valence-corrected chi connectivity index (χ3v) is 6.02. The van der Waals surface area contributed by atoms with E-state index in [0.717, 1.165) is 42.8 Å². The predicted molar refractivity (Wildman–Crippen MR) is 122 cm³/mol. The molecule has 0 aliphatic carbocycles. The molecule has 0 bridgehead atoms. The van der Waals surface area contributed by atoms with Crippen molar-refractivity contribution in [3.8, 4) is 11.3 Å². The van der Waals surface area contributed by atoms with Crippen LogP contribution in [0.25, 0.3) is 11.3 Å². The summed E-state index contributed by atoms with van der Waals surface area (Å²) in [5.74, 6) is 0.594. The molecule has 1 amide bonds. The van der Waals surface area contributed by atoms with Crippen LogP contribution >= 0.6 is 0 Å². The van der Waals surface area contributed by atoms with Gasteiger partial charge in [-0.15, -0.1) is 0 Å². The second-order valence-electron chi connectivity index (χ2n) is 8.31. The summed E-state index contributed by atoms with van der Waals surface area (Å²) in [6.45, 7) is 6.28. The smallest absolute Gasteiger partial charge is 0.263 e.